The molecule has 1 atom stereocenters. The molecule has 1 saturated heterocycles. The molecule has 23 heavy (non-hydrogen) atoms. The Bertz CT molecular complexity index is 556. The monoisotopic (exact) mass is 321 g/mol. The van der Waals surface area contributed by atoms with E-state index in [9.17, 15) is 9.59 Å². The Hall–Kier alpha value is -2.12. The van der Waals surface area contributed by atoms with Gasteiger partial charge in [-0.3, -0.25) is 9.59 Å². The number of methoxy groups -OCH3 is 1. The fourth-order valence-corrected chi connectivity index (χ4v) is 2.40. The van der Waals surface area contributed by atoms with Crippen molar-refractivity contribution in [1.29, 1.82) is 0 Å². The van der Waals surface area contributed by atoms with Crippen molar-refractivity contribution < 1.29 is 19.1 Å². The summed E-state index contributed by atoms with van der Waals surface area (Å²) in [5.41, 5.74) is 1.48. The number of morpholine rings is 1. The molecule has 2 amide bonds. The van der Waals surface area contributed by atoms with Crippen LogP contribution in [-0.4, -0.2) is 44.7 Å². The van der Waals surface area contributed by atoms with Crippen molar-refractivity contribution >= 4 is 17.5 Å². The second kappa shape index (κ2) is 8.50. The molecule has 0 saturated carbocycles. The first-order valence-electron chi connectivity index (χ1n) is 7.61. The molecule has 1 heterocycles. The topological polar surface area (TPSA) is 88.7 Å². The van der Waals surface area contributed by atoms with Gasteiger partial charge in [0, 0.05) is 32.5 Å². The van der Waals surface area contributed by atoms with Crippen molar-refractivity contribution in [3.63, 3.8) is 0 Å². The predicted octanol–water partition coefficient (Wildman–Crippen LogP) is 0.648. The van der Waals surface area contributed by atoms with E-state index in [0.717, 1.165) is 12.1 Å². The number of nitrogens with one attached hydrogen (secondary N) is 3. The number of benzene rings is 1. The third-order valence-electron chi connectivity index (χ3n) is 3.49. The molecule has 0 spiro atoms. The summed E-state index contributed by atoms with van der Waals surface area (Å²) >= 11 is 0. The molecule has 1 aromatic carbocycles. The van der Waals surface area contributed by atoms with Gasteiger partial charge in [0.15, 0.2) is 0 Å². The number of anilines is 1. The molecular formula is C16H23N3O4. The fourth-order valence-electron chi connectivity index (χ4n) is 2.40. The van der Waals surface area contributed by atoms with Crippen molar-refractivity contribution in [2.45, 2.75) is 25.9 Å². The SMILES string of the molecule is COc1ccc(CNC(=O)CC2COCCN2)cc1NC(C)=O. The van der Waals surface area contributed by atoms with Crippen LogP contribution in [0, 0.1) is 0 Å². The maximum atomic E-state index is 12.0. The van der Waals surface area contributed by atoms with E-state index in [2.05, 4.69) is 16.0 Å². The van der Waals surface area contributed by atoms with E-state index in [4.69, 9.17) is 9.47 Å². The van der Waals surface area contributed by atoms with Gasteiger partial charge in [-0.1, -0.05) is 6.07 Å². The molecule has 126 valence electrons. The zero-order chi connectivity index (χ0) is 16.7. The van der Waals surface area contributed by atoms with Crippen molar-refractivity contribution in [2.24, 2.45) is 0 Å². The van der Waals surface area contributed by atoms with Crippen LogP contribution in [0.15, 0.2) is 18.2 Å². The first-order valence-corrected chi connectivity index (χ1v) is 7.61. The van der Waals surface area contributed by atoms with Gasteiger partial charge >= 0.3 is 0 Å². The first-order chi connectivity index (χ1) is 11.1. The van der Waals surface area contributed by atoms with Crippen molar-refractivity contribution in [1.82, 2.24) is 10.6 Å². The van der Waals surface area contributed by atoms with Crippen LogP contribution in [0.5, 0.6) is 5.75 Å². The number of ether oxygens (including phenoxy) is 2. The Balaban J connectivity index is 1.89. The van der Waals surface area contributed by atoms with Crippen molar-refractivity contribution in [3.8, 4) is 5.75 Å². The second-order valence-electron chi connectivity index (χ2n) is 5.42. The van der Waals surface area contributed by atoms with Crippen LogP contribution < -0.4 is 20.7 Å². The minimum Gasteiger partial charge on any atom is -0.495 e. The van der Waals surface area contributed by atoms with E-state index in [1.54, 1.807) is 19.2 Å². The van der Waals surface area contributed by atoms with E-state index in [-0.39, 0.29) is 17.9 Å². The van der Waals surface area contributed by atoms with Gasteiger partial charge in [0.05, 0.1) is 26.0 Å². The summed E-state index contributed by atoms with van der Waals surface area (Å²) in [5.74, 6) is 0.372. The van der Waals surface area contributed by atoms with E-state index >= 15 is 0 Å². The summed E-state index contributed by atoms with van der Waals surface area (Å²) in [6.07, 6.45) is 0.384. The van der Waals surface area contributed by atoms with Gasteiger partial charge < -0.3 is 25.4 Å². The third kappa shape index (κ3) is 5.54. The highest BCUT2D eigenvalue weighted by molar-refractivity contribution is 5.90. The summed E-state index contributed by atoms with van der Waals surface area (Å²) in [6.45, 7) is 3.85. The van der Waals surface area contributed by atoms with Crippen LogP contribution in [0.2, 0.25) is 0 Å². The smallest absolute Gasteiger partial charge is 0.221 e. The van der Waals surface area contributed by atoms with E-state index in [0.29, 0.717) is 37.6 Å². The number of amides is 2. The average molecular weight is 321 g/mol. The largest absolute Gasteiger partial charge is 0.495 e. The minimum absolute atomic E-state index is 0.0371. The van der Waals surface area contributed by atoms with Crippen LogP contribution in [0.1, 0.15) is 18.9 Å². The number of carbonyl (C=O) groups excluding carboxylic acids is 2. The standard InChI is InChI=1S/C16H23N3O4/c1-11(20)19-14-7-12(3-4-15(14)22-2)9-18-16(21)8-13-10-23-6-5-17-13/h3-4,7,13,17H,5-6,8-10H2,1-2H3,(H,18,21)(H,19,20). The van der Waals surface area contributed by atoms with Crippen molar-refractivity contribution in [2.75, 3.05) is 32.2 Å². The molecule has 0 bridgehead atoms. The zero-order valence-electron chi connectivity index (χ0n) is 13.5. The molecule has 1 aliphatic heterocycles. The van der Waals surface area contributed by atoms with Gasteiger partial charge in [-0.05, 0) is 17.7 Å². The Kier molecular flexibility index (Phi) is 6.37. The van der Waals surface area contributed by atoms with Crippen LogP contribution in [-0.2, 0) is 20.9 Å². The molecule has 1 aromatic rings. The van der Waals surface area contributed by atoms with Crippen molar-refractivity contribution in [3.05, 3.63) is 23.8 Å². The molecule has 7 heteroatoms. The molecule has 1 unspecified atom stereocenters. The average Bonchev–Trinajstić information content (AvgIpc) is 2.53. The quantitative estimate of drug-likeness (QED) is 0.716. The lowest BCUT2D eigenvalue weighted by molar-refractivity contribution is -0.122. The van der Waals surface area contributed by atoms with Crippen LogP contribution in [0.4, 0.5) is 5.69 Å². The molecule has 3 N–H and O–H groups in total. The summed E-state index contributed by atoms with van der Waals surface area (Å²) in [4.78, 5) is 23.2. The lowest BCUT2D eigenvalue weighted by Gasteiger charge is -2.23. The summed E-state index contributed by atoms with van der Waals surface area (Å²) in [5, 5.41) is 8.84. The Morgan fingerprint density at radius 3 is 2.91 bits per heavy atom. The highest BCUT2D eigenvalue weighted by Gasteiger charge is 2.16. The number of hydrogen-bond acceptors (Lipinski definition) is 5. The minimum atomic E-state index is -0.173. The van der Waals surface area contributed by atoms with Gasteiger partial charge in [-0.15, -0.1) is 0 Å². The normalized spacial score (nSPS) is 17.4. The van der Waals surface area contributed by atoms with Gasteiger partial charge in [0.25, 0.3) is 0 Å². The fraction of sp³-hybridized carbons (Fsp3) is 0.500. The van der Waals surface area contributed by atoms with Crippen LogP contribution in [0.25, 0.3) is 0 Å². The Morgan fingerprint density at radius 1 is 1.43 bits per heavy atom. The maximum absolute atomic E-state index is 12.0. The zero-order valence-corrected chi connectivity index (χ0v) is 13.5. The highest BCUT2D eigenvalue weighted by atomic mass is 16.5. The maximum Gasteiger partial charge on any atom is 0.221 e. The predicted molar refractivity (Wildman–Crippen MR) is 86.4 cm³/mol. The summed E-state index contributed by atoms with van der Waals surface area (Å²) < 4.78 is 10.5. The van der Waals surface area contributed by atoms with Crippen LogP contribution >= 0.6 is 0 Å². The van der Waals surface area contributed by atoms with Gasteiger partial charge in [0.2, 0.25) is 11.8 Å². The van der Waals surface area contributed by atoms with E-state index in [1.165, 1.54) is 6.92 Å². The van der Waals surface area contributed by atoms with Gasteiger partial charge in [-0.2, -0.15) is 0 Å². The molecule has 0 radical (unpaired) electrons. The second-order valence-corrected chi connectivity index (χ2v) is 5.42. The van der Waals surface area contributed by atoms with Crippen LogP contribution in [0.3, 0.4) is 0 Å². The molecule has 2 rings (SSSR count). The first kappa shape index (κ1) is 17.2. The molecule has 1 aliphatic rings. The van der Waals surface area contributed by atoms with E-state index < -0.39 is 0 Å². The number of rotatable bonds is 6. The molecule has 0 aliphatic carbocycles. The Morgan fingerprint density at radius 2 is 2.26 bits per heavy atom. The summed E-state index contributed by atoms with van der Waals surface area (Å²) in [6, 6.07) is 5.48. The molecule has 7 nitrogen and oxygen atoms in total. The number of carbonyl (C=O) groups is 2. The van der Waals surface area contributed by atoms with E-state index in [1.807, 2.05) is 6.07 Å². The molecular weight excluding hydrogens is 298 g/mol. The summed E-state index contributed by atoms with van der Waals surface area (Å²) in [7, 11) is 1.54. The molecule has 1 fully saturated rings. The van der Waals surface area contributed by atoms with Gasteiger partial charge in [-0.25, -0.2) is 0 Å². The third-order valence-corrected chi connectivity index (χ3v) is 3.49. The molecule has 0 aromatic heterocycles. The number of hydrogen-bond donors (Lipinski definition) is 3. The van der Waals surface area contributed by atoms with Gasteiger partial charge in [0.1, 0.15) is 5.75 Å². The highest BCUT2D eigenvalue weighted by Crippen LogP contribution is 2.25. The Labute approximate surface area is 135 Å². The lowest BCUT2D eigenvalue weighted by Crippen LogP contribution is -2.44. The lowest BCUT2D eigenvalue weighted by atomic mass is 10.1.